The number of amides is 1. The minimum atomic E-state index is -0.219. The molecule has 1 saturated carbocycles. The van der Waals surface area contributed by atoms with Gasteiger partial charge in [-0.15, -0.1) is 0 Å². The number of aryl methyl sites for hydroxylation is 1. The minimum absolute atomic E-state index is 0.0258. The molecule has 7 nitrogen and oxygen atoms in total. The van der Waals surface area contributed by atoms with Crippen LogP contribution in [0.3, 0.4) is 0 Å². The van der Waals surface area contributed by atoms with E-state index in [0.717, 1.165) is 12.8 Å². The Kier molecular flexibility index (Phi) is 3.04. The predicted molar refractivity (Wildman–Crippen MR) is 73.2 cm³/mol. The summed E-state index contributed by atoms with van der Waals surface area (Å²) in [6, 6.07) is 0.360. The maximum absolute atomic E-state index is 12.3. The number of hydrogen-bond donors (Lipinski definition) is 0. The van der Waals surface area contributed by atoms with Crippen LogP contribution in [-0.4, -0.2) is 42.7 Å². The Morgan fingerprint density at radius 3 is 2.90 bits per heavy atom. The number of rotatable bonds is 4. The molecule has 2 aromatic heterocycles. The summed E-state index contributed by atoms with van der Waals surface area (Å²) >= 11 is 0. The van der Waals surface area contributed by atoms with Crippen molar-refractivity contribution >= 4 is 16.9 Å². The molecule has 1 amide bonds. The van der Waals surface area contributed by atoms with Crippen LogP contribution in [0.2, 0.25) is 0 Å². The van der Waals surface area contributed by atoms with Crippen molar-refractivity contribution in [2.75, 3.05) is 6.54 Å². The average molecular weight is 275 g/mol. The first-order valence-corrected chi connectivity index (χ1v) is 6.78. The number of carbonyl (C=O) groups is 1. The molecule has 0 saturated heterocycles. The van der Waals surface area contributed by atoms with Crippen molar-refractivity contribution in [2.24, 2.45) is 7.05 Å². The standard InChI is InChI=1S/C13H17N5O2/c1-3-18(9-4-5-9)11(19)7-17-8-14-12-10(13(17)20)6-15-16(12)2/h6,8-9H,3-5,7H2,1-2H3. The first-order valence-electron chi connectivity index (χ1n) is 6.78. The SMILES string of the molecule is CCN(C(=O)Cn1cnc2c(cnn2C)c1=O)C1CC1. The summed E-state index contributed by atoms with van der Waals surface area (Å²) < 4.78 is 2.91. The Morgan fingerprint density at radius 1 is 1.50 bits per heavy atom. The quantitative estimate of drug-likeness (QED) is 0.795. The van der Waals surface area contributed by atoms with E-state index in [0.29, 0.717) is 23.6 Å². The van der Waals surface area contributed by atoms with Gasteiger partial charge in [-0.1, -0.05) is 0 Å². The van der Waals surface area contributed by atoms with Crippen molar-refractivity contribution in [3.05, 3.63) is 22.9 Å². The maximum Gasteiger partial charge on any atom is 0.264 e. The van der Waals surface area contributed by atoms with Crippen molar-refractivity contribution in [2.45, 2.75) is 32.4 Å². The summed E-state index contributed by atoms with van der Waals surface area (Å²) in [5.41, 5.74) is 0.316. The van der Waals surface area contributed by atoms with Gasteiger partial charge in [0.05, 0.1) is 6.20 Å². The van der Waals surface area contributed by atoms with E-state index in [1.165, 1.54) is 17.1 Å². The molecule has 20 heavy (non-hydrogen) atoms. The fourth-order valence-electron chi connectivity index (χ4n) is 2.44. The molecule has 0 bridgehead atoms. The van der Waals surface area contributed by atoms with E-state index in [4.69, 9.17) is 0 Å². The summed E-state index contributed by atoms with van der Waals surface area (Å²) in [7, 11) is 1.73. The number of likely N-dealkylation sites (N-methyl/N-ethyl adjacent to an activating group) is 1. The van der Waals surface area contributed by atoms with Crippen LogP contribution in [0.5, 0.6) is 0 Å². The van der Waals surface area contributed by atoms with Crippen LogP contribution in [0, 0.1) is 0 Å². The van der Waals surface area contributed by atoms with Gasteiger partial charge < -0.3 is 4.90 Å². The highest BCUT2D eigenvalue weighted by Crippen LogP contribution is 2.26. The molecule has 0 N–H and O–H groups in total. The van der Waals surface area contributed by atoms with E-state index in [-0.39, 0.29) is 18.0 Å². The molecular weight excluding hydrogens is 258 g/mol. The Labute approximate surface area is 115 Å². The zero-order valence-electron chi connectivity index (χ0n) is 11.6. The predicted octanol–water partition coefficient (Wildman–Crippen LogP) is 0.141. The lowest BCUT2D eigenvalue weighted by molar-refractivity contribution is -0.132. The van der Waals surface area contributed by atoms with Crippen molar-refractivity contribution < 1.29 is 4.79 Å². The average Bonchev–Trinajstić information content (AvgIpc) is 3.18. The summed E-state index contributed by atoms with van der Waals surface area (Å²) in [5.74, 6) is -0.0258. The second-order valence-corrected chi connectivity index (χ2v) is 5.09. The summed E-state index contributed by atoms with van der Waals surface area (Å²) in [6.07, 6.45) is 5.04. The number of aromatic nitrogens is 4. The molecule has 3 rings (SSSR count). The minimum Gasteiger partial charge on any atom is -0.338 e. The topological polar surface area (TPSA) is 73.0 Å². The highest BCUT2D eigenvalue weighted by atomic mass is 16.2. The Morgan fingerprint density at radius 2 is 2.25 bits per heavy atom. The van der Waals surface area contributed by atoms with Crippen LogP contribution in [0.25, 0.3) is 11.0 Å². The molecule has 0 aromatic carbocycles. The molecule has 1 fully saturated rings. The van der Waals surface area contributed by atoms with Crippen molar-refractivity contribution in [3.8, 4) is 0 Å². The number of nitrogens with zero attached hydrogens (tertiary/aromatic N) is 5. The molecule has 0 unspecified atom stereocenters. The van der Waals surface area contributed by atoms with Crippen molar-refractivity contribution in [1.29, 1.82) is 0 Å². The highest BCUT2D eigenvalue weighted by molar-refractivity contribution is 5.77. The lowest BCUT2D eigenvalue weighted by atomic mass is 10.4. The first kappa shape index (κ1) is 12.8. The van der Waals surface area contributed by atoms with Gasteiger partial charge in [0.1, 0.15) is 18.3 Å². The summed E-state index contributed by atoms with van der Waals surface area (Å²) in [4.78, 5) is 30.5. The monoisotopic (exact) mass is 275 g/mol. The van der Waals surface area contributed by atoms with Crippen LogP contribution < -0.4 is 5.56 Å². The molecule has 1 aliphatic carbocycles. The first-order chi connectivity index (χ1) is 9.61. The molecule has 1 aliphatic rings. The molecule has 2 heterocycles. The fourth-order valence-corrected chi connectivity index (χ4v) is 2.44. The smallest absolute Gasteiger partial charge is 0.264 e. The molecule has 0 spiro atoms. The van der Waals surface area contributed by atoms with E-state index in [1.807, 2.05) is 11.8 Å². The van der Waals surface area contributed by atoms with Crippen LogP contribution in [-0.2, 0) is 18.4 Å². The lowest BCUT2D eigenvalue weighted by Crippen LogP contribution is -2.37. The molecular formula is C13H17N5O2. The van der Waals surface area contributed by atoms with Gasteiger partial charge in [0.2, 0.25) is 5.91 Å². The Bertz CT molecular complexity index is 713. The van der Waals surface area contributed by atoms with Crippen LogP contribution in [0.1, 0.15) is 19.8 Å². The zero-order valence-corrected chi connectivity index (χ0v) is 11.6. The third-order valence-corrected chi connectivity index (χ3v) is 3.67. The van der Waals surface area contributed by atoms with E-state index >= 15 is 0 Å². The van der Waals surface area contributed by atoms with E-state index < -0.39 is 0 Å². The van der Waals surface area contributed by atoms with Gasteiger partial charge in [-0.3, -0.25) is 18.8 Å². The second kappa shape index (κ2) is 4.73. The normalized spacial score (nSPS) is 14.7. The van der Waals surface area contributed by atoms with Crippen LogP contribution in [0.4, 0.5) is 0 Å². The molecule has 0 aliphatic heterocycles. The molecule has 2 aromatic rings. The van der Waals surface area contributed by atoms with E-state index in [1.54, 1.807) is 11.7 Å². The van der Waals surface area contributed by atoms with Crippen molar-refractivity contribution in [3.63, 3.8) is 0 Å². The fraction of sp³-hybridized carbons (Fsp3) is 0.538. The Hall–Kier alpha value is -2.18. The zero-order chi connectivity index (χ0) is 14.3. The van der Waals surface area contributed by atoms with Gasteiger partial charge in [0.15, 0.2) is 5.65 Å². The largest absolute Gasteiger partial charge is 0.338 e. The molecule has 0 radical (unpaired) electrons. The lowest BCUT2D eigenvalue weighted by Gasteiger charge is -2.20. The number of fused-ring (bicyclic) bond motifs is 1. The third-order valence-electron chi connectivity index (χ3n) is 3.67. The summed E-state index contributed by atoms with van der Waals surface area (Å²) in [5, 5.41) is 4.45. The second-order valence-electron chi connectivity index (χ2n) is 5.09. The van der Waals surface area contributed by atoms with Gasteiger partial charge in [0, 0.05) is 19.6 Å². The molecule has 0 atom stereocenters. The van der Waals surface area contributed by atoms with Gasteiger partial charge in [0.25, 0.3) is 5.56 Å². The van der Waals surface area contributed by atoms with Gasteiger partial charge in [-0.25, -0.2) is 4.98 Å². The molecule has 7 heteroatoms. The maximum atomic E-state index is 12.3. The Balaban J connectivity index is 1.89. The molecule has 106 valence electrons. The summed E-state index contributed by atoms with van der Waals surface area (Å²) in [6.45, 7) is 2.68. The third kappa shape index (κ3) is 2.09. The van der Waals surface area contributed by atoms with E-state index in [9.17, 15) is 9.59 Å². The number of carbonyl (C=O) groups excluding carboxylic acids is 1. The van der Waals surface area contributed by atoms with E-state index in [2.05, 4.69) is 10.1 Å². The van der Waals surface area contributed by atoms with Crippen LogP contribution >= 0.6 is 0 Å². The van der Waals surface area contributed by atoms with Crippen molar-refractivity contribution in [1.82, 2.24) is 24.2 Å². The van der Waals surface area contributed by atoms with Gasteiger partial charge in [-0.2, -0.15) is 5.10 Å². The van der Waals surface area contributed by atoms with Gasteiger partial charge >= 0.3 is 0 Å². The van der Waals surface area contributed by atoms with Crippen LogP contribution in [0.15, 0.2) is 17.3 Å². The number of hydrogen-bond acceptors (Lipinski definition) is 4. The highest BCUT2D eigenvalue weighted by Gasteiger charge is 2.31. The van der Waals surface area contributed by atoms with Gasteiger partial charge in [-0.05, 0) is 19.8 Å².